The topological polar surface area (TPSA) is 90.7 Å². The van der Waals surface area contributed by atoms with Crippen molar-refractivity contribution in [2.75, 3.05) is 29.4 Å². The fraction of sp³-hybridized carbons (Fsp3) is 0.500. The van der Waals surface area contributed by atoms with Crippen LogP contribution >= 0.6 is 0 Å². The lowest BCUT2D eigenvalue weighted by Gasteiger charge is -2.58. The molecule has 2 aliphatic heterocycles. The molecule has 0 unspecified atom stereocenters. The van der Waals surface area contributed by atoms with Crippen LogP contribution in [0.3, 0.4) is 0 Å². The fourth-order valence-electron chi connectivity index (χ4n) is 4.59. The van der Waals surface area contributed by atoms with Crippen LogP contribution in [-0.2, 0) is 11.8 Å². The summed E-state index contributed by atoms with van der Waals surface area (Å²) in [6.07, 6.45) is 1.53. The van der Waals surface area contributed by atoms with E-state index in [1.807, 2.05) is 4.90 Å². The van der Waals surface area contributed by atoms with E-state index in [1.54, 1.807) is 17.8 Å². The maximum Gasteiger partial charge on any atom is 0.329 e. The summed E-state index contributed by atoms with van der Waals surface area (Å²) in [5.41, 5.74) is 1.37. The Labute approximate surface area is 154 Å². The van der Waals surface area contributed by atoms with Crippen LogP contribution in [0.1, 0.15) is 19.3 Å². The van der Waals surface area contributed by atoms with E-state index in [4.69, 9.17) is 0 Å². The number of aryl methyl sites for hydroxylation is 1. The van der Waals surface area contributed by atoms with Gasteiger partial charge in [-0.15, -0.1) is 0 Å². The first-order valence-corrected chi connectivity index (χ1v) is 9.06. The first kappa shape index (κ1) is 16.5. The van der Waals surface area contributed by atoms with E-state index in [0.29, 0.717) is 16.9 Å². The Morgan fingerprint density at radius 3 is 2.70 bits per heavy atom. The molecule has 1 aromatic carbocycles. The molecule has 5 rings (SSSR count). The van der Waals surface area contributed by atoms with Gasteiger partial charge < -0.3 is 10.0 Å². The summed E-state index contributed by atoms with van der Waals surface area (Å²) >= 11 is 0. The highest BCUT2D eigenvalue weighted by Crippen LogP contribution is 2.50. The quantitative estimate of drug-likeness (QED) is 0.823. The second kappa shape index (κ2) is 5.41. The molecule has 8 nitrogen and oxygen atoms in total. The number of nitrogens with one attached hydrogen (secondary N) is 1. The van der Waals surface area contributed by atoms with Crippen molar-refractivity contribution in [1.82, 2.24) is 15.1 Å². The normalized spacial score (nSPS) is 22.2. The largest absolute Gasteiger partial charge is 0.393 e. The number of aliphatic hydroxyl groups excluding tert-OH is 1. The number of aliphatic hydroxyl groups is 1. The lowest BCUT2D eigenvalue weighted by Crippen LogP contribution is -2.64. The molecule has 0 radical (unpaired) electrons. The molecule has 3 aliphatic rings. The Morgan fingerprint density at radius 1 is 1.30 bits per heavy atom. The first-order valence-electron chi connectivity index (χ1n) is 9.06. The number of aromatic nitrogens is 2. The van der Waals surface area contributed by atoms with Gasteiger partial charge in [0, 0.05) is 43.9 Å². The molecule has 27 heavy (non-hydrogen) atoms. The molecule has 2 saturated heterocycles. The van der Waals surface area contributed by atoms with Gasteiger partial charge >= 0.3 is 6.03 Å². The second-order valence-electron chi connectivity index (χ2n) is 7.94. The van der Waals surface area contributed by atoms with Crippen molar-refractivity contribution in [2.45, 2.75) is 25.4 Å². The number of rotatable bonds is 2. The molecule has 2 N–H and O–H groups in total. The van der Waals surface area contributed by atoms with E-state index in [2.05, 4.69) is 10.4 Å². The lowest BCUT2D eigenvalue weighted by atomic mass is 9.62. The zero-order valence-electron chi connectivity index (χ0n) is 14.9. The minimum absolute atomic E-state index is 0.136. The minimum atomic E-state index is -0.538. The van der Waals surface area contributed by atoms with Crippen molar-refractivity contribution in [3.05, 3.63) is 17.9 Å². The number of benzene rings is 1. The van der Waals surface area contributed by atoms with Crippen molar-refractivity contribution < 1.29 is 19.1 Å². The molecule has 1 spiro atoms. The predicted octanol–water partition coefficient (Wildman–Crippen LogP) is 1.12. The van der Waals surface area contributed by atoms with Crippen LogP contribution in [-0.4, -0.2) is 52.6 Å². The molecule has 3 amide bonds. The number of carbonyl (C=O) groups is 2. The zero-order valence-corrected chi connectivity index (χ0v) is 14.9. The summed E-state index contributed by atoms with van der Waals surface area (Å²) in [5.74, 6) is -0.331. The van der Waals surface area contributed by atoms with Crippen molar-refractivity contribution in [1.29, 1.82) is 0 Å². The summed E-state index contributed by atoms with van der Waals surface area (Å²) in [5, 5.41) is 16.7. The zero-order chi connectivity index (χ0) is 18.9. The molecule has 1 saturated carbocycles. The summed E-state index contributed by atoms with van der Waals surface area (Å²) in [6, 6.07) is 2.64. The molecular formula is C18H20FN5O3. The average Bonchev–Trinajstić information content (AvgIpc) is 2.85. The van der Waals surface area contributed by atoms with E-state index in [9.17, 15) is 19.1 Å². The summed E-state index contributed by atoms with van der Waals surface area (Å²) < 4.78 is 16.5. The number of amides is 3. The van der Waals surface area contributed by atoms with Crippen LogP contribution in [0.4, 0.5) is 20.7 Å². The van der Waals surface area contributed by atoms with Gasteiger partial charge in [0.1, 0.15) is 5.82 Å². The molecule has 1 aromatic heterocycles. The Kier molecular flexibility index (Phi) is 3.31. The molecule has 1 aliphatic carbocycles. The number of hydrogen-bond acceptors (Lipinski definition) is 5. The minimum Gasteiger partial charge on any atom is -0.393 e. The fourth-order valence-corrected chi connectivity index (χ4v) is 4.59. The highest BCUT2D eigenvalue weighted by Gasteiger charge is 2.52. The number of anilines is 2. The third kappa shape index (κ3) is 2.41. The van der Waals surface area contributed by atoms with Crippen LogP contribution in [0.2, 0.25) is 0 Å². The molecular weight excluding hydrogens is 353 g/mol. The van der Waals surface area contributed by atoms with Crippen molar-refractivity contribution in [2.24, 2.45) is 12.5 Å². The number of hydrogen-bond donors (Lipinski definition) is 2. The lowest BCUT2D eigenvalue weighted by molar-refractivity contribution is -0.120. The van der Waals surface area contributed by atoms with Gasteiger partial charge in [0.2, 0.25) is 5.91 Å². The highest BCUT2D eigenvalue weighted by atomic mass is 19.1. The van der Waals surface area contributed by atoms with Crippen molar-refractivity contribution in [3.63, 3.8) is 0 Å². The van der Waals surface area contributed by atoms with E-state index in [0.717, 1.165) is 31.4 Å². The van der Waals surface area contributed by atoms with Gasteiger partial charge in [-0.25, -0.2) is 9.18 Å². The van der Waals surface area contributed by atoms with E-state index < -0.39 is 6.03 Å². The van der Waals surface area contributed by atoms with Crippen molar-refractivity contribution >= 4 is 34.3 Å². The van der Waals surface area contributed by atoms with Crippen LogP contribution in [0, 0.1) is 11.2 Å². The molecule has 9 heteroatoms. The third-order valence-corrected chi connectivity index (χ3v) is 5.94. The Hall–Kier alpha value is -2.68. The molecule has 2 aromatic rings. The standard InChI is InChI=1S/C18H20FN5O3/c1-22-13-5-14(23-8-18(9-23)6-10(25)7-18)12(19)4-11(13)16(21-22)24-3-2-15(26)20-17(24)27/h4-5,10,25H,2-3,6-9H2,1H3,(H,20,26,27). The number of imide groups is 1. The number of carbonyl (C=O) groups excluding carboxylic acids is 2. The smallest absolute Gasteiger partial charge is 0.329 e. The number of nitrogens with zero attached hydrogens (tertiary/aromatic N) is 4. The van der Waals surface area contributed by atoms with E-state index in [1.165, 1.54) is 11.0 Å². The molecule has 3 heterocycles. The van der Waals surface area contributed by atoms with Gasteiger partial charge in [-0.1, -0.05) is 0 Å². The van der Waals surface area contributed by atoms with Gasteiger partial charge in [-0.2, -0.15) is 5.10 Å². The van der Waals surface area contributed by atoms with Gasteiger partial charge in [0.25, 0.3) is 0 Å². The summed E-state index contributed by atoms with van der Waals surface area (Å²) in [7, 11) is 1.75. The van der Waals surface area contributed by atoms with Gasteiger partial charge in [0.15, 0.2) is 5.82 Å². The van der Waals surface area contributed by atoms with Crippen LogP contribution in [0.25, 0.3) is 10.9 Å². The Balaban J connectivity index is 1.48. The predicted molar refractivity (Wildman–Crippen MR) is 96.1 cm³/mol. The second-order valence-corrected chi connectivity index (χ2v) is 7.94. The van der Waals surface area contributed by atoms with E-state index in [-0.39, 0.29) is 36.2 Å². The molecule has 0 bridgehead atoms. The maximum atomic E-state index is 14.9. The number of urea groups is 1. The van der Waals surface area contributed by atoms with Gasteiger partial charge in [-0.3, -0.25) is 19.7 Å². The number of fused-ring (bicyclic) bond motifs is 1. The van der Waals surface area contributed by atoms with Crippen LogP contribution in [0.15, 0.2) is 12.1 Å². The van der Waals surface area contributed by atoms with Gasteiger partial charge in [-0.05, 0) is 25.0 Å². The third-order valence-electron chi connectivity index (χ3n) is 5.94. The van der Waals surface area contributed by atoms with Crippen molar-refractivity contribution in [3.8, 4) is 0 Å². The first-order chi connectivity index (χ1) is 12.8. The average molecular weight is 373 g/mol. The number of halogens is 1. The summed E-state index contributed by atoms with van der Waals surface area (Å²) in [4.78, 5) is 26.9. The molecule has 142 valence electrons. The van der Waals surface area contributed by atoms with E-state index >= 15 is 0 Å². The van der Waals surface area contributed by atoms with Crippen LogP contribution in [0.5, 0.6) is 0 Å². The van der Waals surface area contributed by atoms with Crippen LogP contribution < -0.4 is 15.1 Å². The monoisotopic (exact) mass is 373 g/mol. The Bertz CT molecular complexity index is 973. The SMILES string of the molecule is Cn1nc(N2CCC(=O)NC2=O)c2cc(F)c(N3CC4(CC(O)C4)C3)cc21. The van der Waals surface area contributed by atoms with Gasteiger partial charge in [0.05, 0.1) is 17.3 Å². The highest BCUT2D eigenvalue weighted by molar-refractivity contribution is 6.09. The molecule has 0 atom stereocenters. The maximum absolute atomic E-state index is 14.9. The Morgan fingerprint density at radius 2 is 2.04 bits per heavy atom. The molecule has 3 fully saturated rings. The summed E-state index contributed by atoms with van der Waals surface area (Å²) in [6.45, 7) is 1.71.